The van der Waals surface area contributed by atoms with E-state index in [0.29, 0.717) is 5.92 Å². The summed E-state index contributed by atoms with van der Waals surface area (Å²) in [5, 5.41) is 3.58. The van der Waals surface area contributed by atoms with Gasteiger partial charge in [0.25, 0.3) is 0 Å². The number of aryl methyl sites for hydroxylation is 1. The fraction of sp³-hybridized carbons (Fsp3) is 0.170. The average Bonchev–Trinajstić information content (AvgIpc) is 3.78. The van der Waals surface area contributed by atoms with Crippen molar-refractivity contribution in [1.29, 1.82) is 0 Å². The highest BCUT2D eigenvalue weighted by molar-refractivity contribution is 6.06. The highest BCUT2D eigenvalue weighted by Crippen LogP contribution is 2.43. The van der Waals surface area contributed by atoms with Crippen LogP contribution in [0.25, 0.3) is 55.7 Å². The van der Waals surface area contributed by atoms with E-state index in [9.17, 15) is 0 Å². The number of fused-ring (bicyclic) bond motifs is 6. The molecular formula is C53H48N2O. The Labute approximate surface area is 330 Å². The van der Waals surface area contributed by atoms with E-state index >= 15 is 0 Å². The van der Waals surface area contributed by atoms with Gasteiger partial charge in [-0.1, -0.05) is 130 Å². The van der Waals surface area contributed by atoms with Crippen molar-refractivity contribution < 1.29 is 4.42 Å². The molecule has 0 aliphatic heterocycles. The van der Waals surface area contributed by atoms with Gasteiger partial charge in [0.1, 0.15) is 11.2 Å². The first-order chi connectivity index (χ1) is 27.6. The second-order valence-electron chi connectivity index (χ2n) is 15.1. The Morgan fingerprint density at radius 1 is 0.714 bits per heavy atom. The molecule has 6 aromatic carbocycles. The summed E-state index contributed by atoms with van der Waals surface area (Å²) in [6.45, 7) is 6.84. The molecule has 0 saturated carbocycles. The third kappa shape index (κ3) is 6.58. The zero-order chi connectivity index (χ0) is 38.0. The van der Waals surface area contributed by atoms with Crippen molar-refractivity contribution in [2.75, 3.05) is 4.90 Å². The molecule has 0 N–H and O–H groups in total. The van der Waals surface area contributed by atoms with Crippen LogP contribution in [0.1, 0.15) is 68.3 Å². The van der Waals surface area contributed by atoms with Gasteiger partial charge in [-0.25, -0.2) is 0 Å². The molecular weight excluding hydrogens is 681 g/mol. The zero-order valence-electron chi connectivity index (χ0n) is 32.6. The Morgan fingerprint density at radius 3 is 2.27 bits per heavy atom. The first-order valence-electron chi connectivity index (χ1n) is 20.3. The molecule has 0 fully saturated rings. The van der Waals surface area contributed by atoms with Crippen LogP contribution in [0, 0.1) is 0 Å². The van der Waals surface area contributed by atoms with Crippen LogP contribution in [0.3, 0.4) is 0 Å². The molecule has 8 aromatic rings. The van der Waals surface area contributed by atoms with Crippen molar-refractivity contribution in [2.45, 2.75) is 58.8 Å². The number of hydrogen-bond donors (Lipinski definition) is 0. The third-order valence-corrected chi connectivity index (χ3v) is 11.3. The van der Waals surface area contributed by atoms with Gasteiger partial charge in [0.15, 0.2) is 0 Å². The maximum absolute atomic E-state index is 6.24. The van der Waals surface area contributed by atoms with Crippen LogP contribution in [-0.4, -0.2) is 4.57 Å². The summed E-state index contributed by atoms with van der Waals surface area (Å²) in [7, 11) is 0. The van der Waals surface area contributed by atoms with E-state index in [1.165, 1.54) is 50.1 Å². The van der Waals surface area contributed by atoms with Crippen LogP contribution in [0.15, 0.2) is 174 Å². The topological polar surface area (TPSA) is 21.3 Å². The molecule has 2 aromatic heterocycles. The third-order valence-electron chi connectivity index (χ3n) is 11.3. The minimum Gasteiger partial charge on any atom is -0.456 e. The second-order valence-corrected chi connectivity index (χ2v) is 15.1. The maximum atomic E-state index is 6.24. The molecule has 0 amide bonds. The number of rotatable bonds is 11. The average molecular weight is 729 g/mol. The van der Waals surface area contributed by atoms with Crippen LogP contribution in [-0.2, 0) is 12.8 Å². The van der Waals surface area contributed by atoms with E-state index in [1.807, 2.05) is 6.07 Å². The van der Waals surface area contributed by atoms with Crippen LogP contribution in [0.2, 0.25) is 0 Å². The van der Waals surface area contributed by atoms with Crippen molar-refractivity contribution in [3.63, 3.8) is 0 Å². The molecule has 276 valence electrons. The van der Waals surface area contributed by atoms with Crippen molar-refractivity contribution in [1.82, 2.24) is 4.57 Å². The molecule has 0 saturated heterocycles. The lowest BCUT2D eigenvalue weighted by Gasteiger charge is -2.27. The van der Waals surface area contributed by atoms with E-state index < -0.39 is 0 Å². The Bertz CT molecular complexity index is 2760. The number of nitrogens with zero attached hydrogens (tertiary/aromatic N) is 2. The van der Waals surface area contributed by atoms with E-state index in [2.05, 4.69) is 194 Å². The molecule has 3 heteroatoms. The molecule has 0 bridgehead atoms. The van der Waals surface area contributed by atoms with Gasteiger partial charge in [-0.3, -0.25) is 0 Å². The Morgan fingerprint density at radius 2 is 1.45 bits per heavy atom. The van der Waals surface area contributed by atoms with Gasteiger partial charge in [-0.15, -0.1) is 0 Å². The Kier molecular flexibility index (Phi) is 9.75. The minimum absolute atomic E-state index is 0.385. The largest absolute Gasteiger partial charge is 0.456 e. The van der Waals surface area contributed by atoms with Crippen LogP contribution >= 0.6 is 0 Å². The summed E-state index contributed by atoms with van der Waals surface area (Å²) in [4.78, 5) is 2.46. The lowest BCUT2D eigenvalue weighted by atomic mass is 9.90. The van der Waals surface area contributed by atoms with Gasteiger partial charge in [0.05, 0.1) is 5.52 Å². The number of allylic oxidation sites excluding steroid dienone is 4. The van der Waals surface area contributed by atoms with Gasteiger partial charge in [0, 0.05) is 44.6 Å². The lowest BCUT2D eigenvalue weighted by Crippen LogP contribution is -2.16. The van der Waals surface area contributed by atoms with Crippen molar-refractivity contribution in [3.05, 3.63) is 192 Å². The molecule has 9 rings (SSSR count). The van der Waals surface area contributed by atoms with Crippen LogP contribution in [0.5, 0.6) is 0 Å². The summed E-state index contributed by atoms with van der Waals surface area (Å²) < 4.78 is 8.69. The monoisotopic (exact) mass is 728 g/mol. The van der Waals surface area contributed by atoms with Gasteiger partial charge in [-0.2, -0.15) is 0 Å². The smallest absolute Gasteiger partial charge is 0.135 e. The number of benzene rings is 6. The molecule has 1 unspecified atom stereocenters. The van der Waals surface area contributed by atoms with Crippen LogP contribution < -0.4 is 4.90 Å². The van der Waals surface area contributed by atoms with Gasteiger partial charge in [-0.05, 0) is 126 Å². The predicted molar refractivity (Wildman–Crippen MR) is 238 cm³/mol. The highest BCUT2D eigenvalue weighted by Gasteiger charge is 2.25. The SMILES string of the molecule is CC/C=C\C(=C/Cc1ccccc1CCC)N(c1ccc(-c2ccccc2)cc1)c1ccc2c(c1)c1c(n2-c2ccc3oc4ccccc4c3c2)C=CCC1C. The molecule has 3 nitrogen and oxygen atoms in total. The molecule has 56 heavy (non-hydrogen) atoms. The molecule has 1 aliphatic carbocycles. The lowest BCUT2D eigenvalue weighted by molar-refractivity contribution is 0.669. The fourth-order valence-electron chi connectivity index (χ4n) is 8.61. The molecule has 0 radical (unpaired) electrons. The van der Waals surface area contributed by atoms with Crippen molar-refractivity contribution in [3.8, 4) is 16.8 Å². The number of anilines is 2. The minimum atomic E-state index is 0.385. The summed E-state index contributed by atoms with van der Waals surface area (Å²) in [5.74, 6) is 0.385. The number of hydrogen-bond acceptors (Lipinski definition) is 2. The number of aromatic nitrogens is 1. The normalized spacial score (nSPS) is 14.3. The van der Waals surface area contributed by atoms with E-state index in [0.717, 1.165) is 71.1 Å². The Balaban J connectivity index is 1.22. The van der Waals surface area contributed by atoms with E-state index in [1.54, 1.807) is 0 Å². The molecule has 0 spiro atoms. The number of para-hydroxylation sites is 1. The molecule has 1 atom stereocenters. The van der Waals surface area contributed by atoms with Crippen LogP contribution in [0.4, 0.5) is 11.4 Å². The zero-order valence-corrected chi connectivity index (χ0v) is 32.6. The van der Waals surface area contributed by atoms with Gasteiger partial charge >= 0.3 is 0 Å². The first-order valence-corrected chi connectivity index (χ1v) is 20.3. The van der Waals surface area contributed by atoms with E-state index in [-0.39, 0.29) is 0 Å². The molecule has 1 aliphatic rings. The quantitative estimate of drug-likeness (QED) is 0.124. The Hall–Kier alpha value is -6.32. The first kappa shape index (κ1) is 35.4. The fourth-order valence-corrected chi connectivity index (χ4v) is 8.61. The second kappa shape index (κ2) is 15.4. The van der Waals surface area contributed by atoms with E-state index in [4.69, 9.17) is 4.42 Å². The molecule has 2 heterocycles. The van der Waals surface area contributed by atoms with Crippen molar-refractivity contribution >= 4 is 50.3 Å². The van der Waals surface area contributed by atoms with Gasteiger partial charge in [0.2, 0.25) is 0 Å². The number of furan rings is 1. The van der Waals surface area contributed by atoms with Crippen molar-refractivity contribution in [2.24, 2.45) is 0 Å². The standard InChI is InChI=1S/C53H48N2O/c1-4-6-21-42(28-25-40-20-11-10-19-38(40)15-5-2)54(43-29-26-41(27-30-43)39-17-8-7-9-18-39)44-31-33-49-48(36-44)53-37(3)16-14-23-50(53)55(49)45-32-34-52-47(35-45)46-22-12-13-24-51(46)56-52/h6-14,17-24,26-37H,4-5,15-16,25H2,1-3H3/b21-6-,42-28+. The maximum Gasteiger partial charge on any atom is 0.135 e. The summed E-state index contributed by atoms with van der Waals surface area (Å²) in [6, 6.07) is 50.7. The highest BCUT2D eigenvalue weighted by atomic mass is 16.3. The van der Waals surface area contributed by atoms with Gasteiger partial charge < -0.3 is 13.9 Å². The summed E-state index contributed by atoms with van der Waals surface area (Å²) >= 11 is 0. The predicted octanol–water partition coefficient (Wildman–Crippen LogP) is 14.9. The summed E-state index contributed by atoms with van der Waals surface area (Å²) in [5.41, 5.74) is 15.6. The summed E-state index contributed by atoms with van der Waals surface area (Å²) in [6.07, 6.45) is 16.7.